The summed E-state index contributed by atoms with van der Waals surface area (Å²) in [4.78, 5) is 14.2. The molecular formula is C27H28F4O2S. The molecule has 182 valence electrons. The molecule has 0 N–H and O–H groups in total. The van der Waals surface area contributed by atoms with E-state index in [1.807, 2.05) is 6.92 Å². The minimum Gasteiger partial charge on any atom is -0.397 e. The van der Waals surface area contributed by atoms with E-state index < -0.39 is 34.5 Å². The van der Waals surface area contributed by atoms with Crippen molar-refractivity contribution in [3.8, 4) is 0 Å². The van der Waals surface area contributed by atoms with Gasteiger partial charge in [-0.25, -0.2) is 4.79 Å². The fourth-order valence-electron chi connectivity index (χ4n) is 3.63. The number of rotatable bonds is 11. The van der Waals surface area contributed by atoms with Crippen molar-refractivity contribution in [2.45, 2.75) is 65.6 Å². The second-order valence-electron chi connectivity index (χ2n) is 7.96. The maximum Gasteiger partial charge on any atom is 0.405 e. The molecule has 0 bridgehead atoms. The summed E-state index contributed by atoms with van der Waals surface area (Å²) in [7, 11) is -3.07. The summed E-state index contributed by atoms with van der Waals surface area (Å²) in [6.07, 6.45) is 0.651. The van der Waals surface area contributed by atoms with Gasteiger partial charge >= 0.3 is 17.8 Å². The molecule has 0 amide bonds. The van der Waals surface area contributed by atoms with Crippen LogP contribution in [0.1, 0.15) is 39.0 Å². The molecule has 2 nitrogen and oxygen atoms in total. The molecular weight excluding hydrogens is 464 g/mol. The van der Waals surface area contributed by atoms with Crippen LogP contribution in [-0.4, -0.2) is 17.8 Å². The lowest BCUT2D eigenvalue weighted by atomic mass is 10.0. The first-order valence-electron chi connectivity index (χ1n) is 11.2. The number of alkyl halides is 4. The number of hydrogen-bond acceptors (Lipinski definition) is 2. The smallest absolute Gasteiger partial charge is 0.397 e. The molecule has 34 heavy (non-hydrogen) atoms. The van der Waals surface area contributed by atoms with Gasteiger partial charge in [0.15, 0.2) is 0 Å². The SMILES string of the molecule is CCCCCCC(F)(F)C(F)(F)C(=O)OS(c1ccccc1)(c1ccccc1)c1ccccc1. The van der Waals surface area contributed by atoms with Gasteiger partial charge in [-0.2, -0.15) is 17.6 Å². The van der Waals surface area contributed by atoms with Crippen LogP contribution in [0, 0.1) is 0 Å². The molecule has 0 radical (unpaired) electrons. The lowest BCUT2D eigenvalue weighted by molar-refractivity contribution is -0.223. The summed E-state index contributed by atoms with van der Waals surface area (Å²) in [6, 6.07) is 25.3. The molecule has 3 aromatic carbocycles. The third-order valence-electron chi connectivity index (χ3n) is 5.49. The van der Waals surface area contributed by atoms with Crippen LogP contribution in [0.25, 0.3) is 0 Å². The Kier molecular flexibility index (Phi) is 8.42. The molecule has 0 saturated heterocycles. The second kappa shape index (κ2) is 11.1. The van der Waals surface area contributed by atoms with Gasteiger partial charge in [-0.05, 0) is 53.1 Å². The maximum absolute atomic E-state index is 15.0. The van der Waals surface area contributed by atoms with Crippen LogP contribution in [0.15, 0.2) is 106 Å². The lowest BCUT2D eigenvalue weighted by Crippen LogP contribution is -2.48. The Balaban J connectivity index is 2.08. The van der Waals surface area contributed by atoms with E-state index in [2.05, 4.69) is 0 Å². The molecule has 3 aromatic rings. The normalized spacial score (nSPS) is 12.9. The first-order valence-corrected chi connectivity index (χ1v) is 12.8. The van der Waals surface area contributed by atoms with Crippen LogP contribution in [0.2, 0.25) is 0 Å². The van der Waals surface area contributed by atoms with Gasteiger partial charge in [0.25, 0.3) is 0 Å². The number of unbranched alkanes of at least 4 members (excludes halogenated alkanes) is 3. The number of halogens is 4. The van der Waals surface area contributed by atoms with Gasteiger partial charge in [-0.3, -0.25) is 0 Å². The van der Waals surface area contributed by atoms with E-state index in [9.17, 15) is 22.4 Å². The average Bonchev–Trinajstić information content (AvgIpc) is 2.86. The predicted molar refractivity (Wildman–Crippen MR) is 126 cm³/mol. The summed E-state index contributed by atoms with van der Waals surface area (Å²) < 4.78 is 64.8. The first kappa shape index (κ1) is 25.8. The van der Waals surface area contributed by atoms with Crippen LogP contribution in [0.5, 0.6) is 0 Å². The zero-order valence-corrected chi connectivity index (χ0v) is 19.7. The molecule has 0 atom stereocenters. The average molecular weight is 493 g/mol. The van der Waals surface area contributed by atoms with Crippen molar-refractivity contribution in [1.82, 2.24) is 0 Å². The Bertz CT molecular complexity index is 947. The van der Waals surface area contributed by atoms with E-state index >= 15 is 0 Å². The number of carbonyl (C=O) groups is 1. The van der Waals surface area contributed by atoms with Gasteiger partial charge in [-0.15, -0.1) is 0 Å². The maximum atomic E-state index is 15.0. The molecule has 0 fully saturated rings. The molecule has 0 unspecified atom stereocenters. The Labute approximate surface area is 199 Å². The summed E-state index contributed by atoms with van der Waals surface area (Å²) in [6.45, 7) is 1.89. The van der Waals surface area contributed by atoms with Crippen LogP contribution >= 0.6 is 10.3 Å². The largest absolute Gasteiger partial charge is 0.405 e. The van der Waals surface area contributed by atoms with E-state index in [0.29, 0.717) is 27.5 Å². The van der Waals surface area contributed by atoms with E-state index in [4.69, 9.17) is 4.18 Å². The topological polar surface area (TPSA) is 26.3 Å². The Morgan fingerprint density at radius 2 is 1.12 bits per heavy atom. The van der Waals surface area contributed by atoms with Crippen molar-refractivity contribution in [2.24, 2.45) is 0 Å². The van der Waals surface area contributed by atoms with Crippen molar-refractivity contribution in [2.75, 3.05) is 0 Å². The van der Waals surface area contributed by atoms with E-state index in [-0.39, 0.29) is 6.42 Å². The van der Waals surface area contributed by atoms with Crippen molar-refractivity contribution < 1.29 is 26.5 Å². The molecule has 0 aliphatic heterocycles. The standard InChI is InChI=1S/C27H28F4O2S/c1-2-3-4-14-21-26(28,29)27(30,31)25(32)33-34(22-15-8-5-9-16-22,23-17-10-6-11-18-23)24-19-12-7-13-20-24/h5-13,15-20H,2-4,14,21H2,1H3. The molecule has 0 aliphatic carbocycles. The van der Waals surface area contributed by atoms with Crippen LogP contribution in [0.3, 0.4) is 0 Å². The quantitative estimate of drug-likeness (QED) is 0.198. The van der Waals surface area contributed by atoms with Gasteiger partial charge in [0.05, 0.1) is 0 Å². The van der Waals surface area contributed by atoms with Gasteiger partial charge in [0.1, 0.15) is 0 Å². The third kappa shape index (κ3) is 5.30. The summed E-state index contributed by atoms with van der Waals surface area (Å²) in [5, 5.41) is 0. The summed E-state index contributed by atoms with van der Waals surface area (Å²) in [5.41, 5.74) is 0. The highest BCUT2D eigenvalue weighted by molar-refractivity contribution is 8.30. The first-order chi connectivity index (χ1) is 16.3. The van der Waals surface area contributed by atoms with Crippen LogP contribution in [-0.2, 0) is 8.98 Å². The molecule has 0 spiro atoms. The van der Waals surface area contributed by atoms with Crippen molar-refractivity contribution in [3.05, 3.63) is 91.0 Å². The summed E-state index contributed by atoms with van der Waals surface area (Å²) in [5.74, 6) is -11.7. The summed E-state index contributed by atoms with van der Waals surface area (Å²) >= 11 is 0. The van der Waals surface area contributed by atoms with E-state index in [1.165, 1.54) is 0 Å². The molecule has 0 saturated carbocycles. The van der Waals surface area contributed by atoms with Gasteiger partial charge < -0.3 is 4.18 Å². The molecule has 7 heteroatoms. The van der Waals surface area contributed by atoms with Crippen molar-refractivity contribution >= 4 is 16.3 Å². The lowest BCUT2D eigenvalue weighted by Gasteiger charge is -2.41. The van der Waals surface area contributed by atoms with Crippen molar-refractivity contribution in [3.63, 3.8) is 0 Å². The predicted octanol–water partition coefficient (Wildman–Crippen LogP) is 8.67. The highest BCUT2D eigenvalue weighted by Crippen LogP contribution is 2.69. The molecule has 3 rings (SSSR count). The van der Waals surface area contributed by atoms with Crippen LogP contribution < -0.4 is 0 Å². The fourth-order valence-corrected chi connectivity index (χ4v) is 6.69. The minimum atomic E-state index is -4.98. The van der Waals surface area contributed by atoms with Gasteiger partial charge in [0, 0.05) is 21.1 Å². The minimum absolute atomic E-state index is 0.0994. The zero-order valence-electron chi connectivity index (χ0n) is 18.9. The highest BCUT2D eigenvalue weighted by Gasteiger charge is 2.63. The zero-order chi connectivity index (χ0) is 24.7. The molecule has 0 aromatic heterocycles. The Morgan fingerprint density at radius 1 is 0.706 bits per heavy atom. The van der Waals surface area contributed by atoms with Gasteiger partial charge in [-0.1, -0.05) is 80.8 Å². The van der Waals surface area contributed by atoms with Gasteiger partial charge in [0.2, 0.25) is 0 Å². The van der Waals surface area contributed by atoms with Crippen molar-refractivity contribution in [1.29, 1.82) is 0 Å². The third-order valence-corrected chi connectivity index (χ3v) is 8.70. The number of benzene rings is 3. The molecule has 0 aliphatic rings. The van der Waals surface area contributed by atoms with E-state index in [1.54, 1.807) is 91.0 Å². The van der Waals surface area contributed by atoms with E-state index in [0.717, 1.165) is 6.42 Å². The second-order valence-corrected chi connectivity index (χ2v) is 10.6. The fraction of sp³-hybridized carbons (Fsp3) is 0.296. The monoisotopic (exact) mass is 492 g/mol. The Morgan fingerprint density at radius 3 is 1.50 bits per heavy atom. The Hall–Kier alpha value is -2.80. The highest BCUT2D eigenvalue weighted by atomic mass is 32.3. The molecule has 0 heterocycles. The van der Waals surface area contributed by atoms with Crippen LogP contribution in [0.4, 0.5) is 17.6 Å². The number of carbonyl (C=O) groups excluding carboxylic acids is 1. The number of hydrogen-bond donors (Lipinski definition) is 0.